The number of carboxylic acid groups (broad SMARTS) is 1. The Morgan fingerprint density at radius 3 is 2.32 bits per heavy atom. The van der Waals surface area contributed by atoms with Gasteiger partial charge in [0.15, 0.2) is 0 Å². The van der Waals surface area contributed by atoms with Gasteiger partial charge in [-0.3, -0.25) is 10.1 Å². The standard InChI is InChI=1S/C18H20N2O5/c1-2-19(14-6-4-3-5-7-14)13-12-17(18(21)22)25-16-10-8-15(9-11-16)20(23)24/h3-11,17H,2,12-13H2,1H3,(H,21,22)/p-1. The van der Waals surface area contributed by atoms with Gasteiger partial charge in [0.2, 0.25) is 0 Å². The molecule has 7 heteroatoms. The number of ether oxygens (including phenoxy) is 1. The predicted octanol–water partition coefficient (Wildman–Crippen LogP) is 2.01. The van der Waals surface area contributed by atoms with Crippen LogP contribution in [0.4, 0.5) is 11.4 Å². The minimum absolute atomic E-state index is 0.0846. The second-order valence-electron chi connectivity index (χ2n) is 5.38. The van der Waals surface area contributed by atoms with Gasteiger partial charge in [-0.2, -0.15) is 0 Å². The van der Waals surface area contributed by atoms with Crippen LogP contribution in [0.15, 0.2) is 54.6 Å². The van der Waals surface area contributed by atoms with E-state index in [2.05, 4.69) is 0 Å². The van der Waals surface area contributed by atoms with Crippen molar-refractivity contribution in [3.8, 4) is 5.75 Å². The molecule has 0 saturated carbocycles. The molecule has 0 aromatic heterocycles. The minimum Gasteiger partial charge on any atom is -0.546 e. The number of nitro groups is 1. The minimum atomic E-state index is -1.32. The molecule has 7 nitrogen and oxygen atoms in total. The lowest BCUT2D eigenvalue weighted by atomic mass is 10.2. The summed E-state index contributed by atoms with van der Waals surface area (Å²) in [4.78, 5) is 23.5. The average molecular weight is 343 g/mol. The first-order valence-corrected chi connectivity index (χ1v) is 7.93. The van der Waals surface area contributed by atoms with E-state index in [9.17, 15) is 20.0 Å². The van der Waals surface area contributed by atoms with Crippen LogP contribution in [0.5, 0.6) is 5.75 Å². The average Bonchev–Trinajstić information content (AvgIpc) is 2.62. The summed E-state index contributed by atoms with van der Waals surface area (Å²) < 4.78 is 5.43. The predicted molar refractivity (Wildman–Crippen MR) is 91.5 cm³/mol. The second kappa shape index (κ2) is 8.68. The number of non-ortho nitro benzene ring substituents is 1. The van der Waals surface area contributed by atoms with E-state index in [1.54, 1.807) is 0 Å². The van der Waals surface area contributed by atoms with E-state index in [-0.39, 0.29) is 17.9 Å². The molecular formula is C18H19N2O5-. The number of hydrogen-bond acceptors (Lipinski definition) is 6. The number of aliphatic carboxylic acids is 1. The van der Waals surface area contributed by atoms with Crippen LogP contribution >= 0.6 is 0 Å². The number of carboxylic acids is 1. The molecule has 1 atom stereocenters. The fraction of sp³-hybridized carbons (Fsp3) is 0.278. The molecule has 0 N–H and O–H groups in total. The maximum atomic E-state index is 11.4. The summed E-state index contributed by atoms with van der Waals surface area (Å²) in [5, 5.41) is 22.0. The number of carbonyl (C=O) groups is 1. The highest BCUT2D eigenvalue weighted by Gasteiger charge is 2.15. The van der Waals surface area contributed by atoms with Crippen LogP contribution in [-0.2, 0) is 4.79 Å². The highest BCUT2D eigenvalue weighted by atomic mass is 16.6. The van der Waals surface area contributed by atoms with Crippen LogP contribution in [-0.4, -0.2) is 30.1 Å². The molecule has 0 saturated heterocycles. The maximum absolute atomic E-state index is 11.4. The van der Waals surface area contributed by atoms with Gasteiger partial charge in [0.1, 0.15) is 11.9 Å². The van der Waals surface area contributed by atoms with E-state index in [0.717, 1.165) is 12.2 Å². The van der Waals surface area contributed by atoms with Crippen LogP contribution in [0.25, 0.3) is 0 Å². The van der Waals surface area contributed by atoms with E-state index in [1.165, 1.54) is 24.3 Å². The molecule has 25 heavy (non-hydrogen) atoms. The number of rotatable bonds is 9. The molecule has 0 aliphatic carbocycles. The zero-order chi connectivity index (χ0) is 18.2. The molecule has 0 radical (unpaired) electrons. The quantitative estimate of drug-likeness (QED) is 0.510. The Labute approximate surface area is 145 Å². The fourth-order valence-corrected chi connectivity index (χ4v) is 2.42. The van der Waals surface area contributed by atoms with Gasteiger partial charge in [-0.25, -0.2) is 0 Å². The van der Waals surface area contributed by atoms with Crippen molar-refractivity contribution in [2.75, 3.05) is 18.0 Å². The van der Waals surface area contributed by atoms with Gasteiger partial charge in [0.05, 0.1) is 10.9 Å². The van der Waals surface area contributed by atoms with Gasteiger partial charge in [0.25, 0.3) is 5.69 Å². The molecule has 2 aromatic rings. The van der Waals surface area contributed by atoms with Gasteiger partial charge in [-0.05, 0) is 31.2 Å². The Bertz CT molecular complexity index is 703. The third kappa shape index (κ3) is 5.20. The van der Waals surface area contributed by atoms with Crippen molar-refractivity contribution in [3.05, 3.63) is 64.7 Å². The maximum Gasteiger partial charge on any atom is 0.269 e. The molecule has 1 unspecified atom stereocenters. The van der Waals surface area contributed by atoms with Crippen molar-refractivity contribution in [1.29, 1.82) is 0 Å². The first kappa shape index (κ1) is 18.3. The highest BCUT2D eigenvalue weighted by molar-refractivity contribution is 5.70. The zero-order valence-electron chi connectivity index (χ0n) is 13.8. The van der Waals surface area contributed by atoms with Crippen molar-refractivity contribution in [2.45, 2.75) is 19.4 Å². The molecular weight excluding hydrogens is 324 g/mol. The molecule has 132 valence electrons. The Morgan fingerprint density at radius 2 is 1.80 bits per heavy atom. The lowest BCUT2D eigenvalue weighted by molar-refractivity contribution is -0.384. The normalized spacial score (nSPS) is 11.6. The van der Waals surface area contributed by atoms with Gasteiger partial charge < -0.3 is 19.5 Å². The molecule has 0 fully saturated rings. The van der Waals surface area contributed by atoms with Crippen molar-refractivity contribution in [3.63, 3.8) is 0 Å². The largest absolute Gasteiger partial charge is 0.546 e. The van der Waals surface area contributed by atoms with Gasteiger partial charge >= 0.3 is 0 Å². The molecule has 0 amide bonds. The number of carbonyl (C=O) groups excluding carboxylic acids is 1. The summed E-state index contributed by atoms with van der Waals surface area (Å²) in [6, 6.07) is 14.9. The van der Waals surface area contributed by atoms with Gasteiger partial charge in [-0.15, -0.1) is 0 Å². The Hall–Kier alpha value is -3.09. The van der Waals surface area contributed by atoms with E-state index in [4.69, 9.17) is 4.74 Å². The van der Waals surface area contributed by atoms with E-state index >= 15 is 0 Å². The van der Waals surface area contributed by atoms with Gasteiger partial charge in [0, 0.05) is 37.3 Å². The van der Waals surface area contributed by atoms with E-state index < -0.39 is 17.0 Å². The zero-order valence-corrected chi connectivity index (χ0v) is 13.8. The van der Waals surface area contributed by atoms with Crippen LogP contribution in [0, 0.1) is 10.1 Å². The van der Waals surface area contributed by atoms with Crippen molar-refractivity contribution >= 4 is 17.3 Å². The first-order chi connectivity index (χ1) is 12.0. The summed E-state index contributed by atoms with van der Waals surface area (Å²) in [7, 11) is 0. The van der Waals surface area contributed by atoms with Crippen LogP contribution in [0.3, 0.4) is 0 Å². The first-order valence-electron chi connectivity index (χ1n) is 7.93. The second-order valence-corrected chi connectivity index (χ2v) is 5.38. The lowest BCUT2D eigenvalue weighted by Crippen LogP contribution is -2.42. The van der Waals surface area contributed by atoms with E-state index in [0.29, 0.717) is 6.54 Å². The third-order valence-electron chi connectivity index (χ3n) is 3.75. The Morgan fingerprint density at radius 1 is 1.16 bits per heavy atom. The van der Waals surface area contributed by atoms with E-state index in [1.807, 2.05) is 42.2 Å². The number of hydrogen-bond donors (Lipinski definition) is 0. The SMILES string of the molecule is CCN(CCC(Oc1ccc([N+](=O)[O-])cc1)C(=O)[O-])c1ccccc1. The lowest BCUT2D eigenvalue weighted by Gasteiger charge is -2.26. The number of nitrogens with zero attached hydrogens (tertiary/aromatic N) is 2. The third-order valence-corrected chi connectivity index (χ3v) is 3.75. The number of nitro benzene ring substituents is 1. The highest BCUT2D eigenvalue weighted by Crippen LogP contribution is 2.20. The van der Waals surface area contributed by atoms with Crippen molar-refractivity contribution in [1.82, 2.24) is 0 Å². The van der Waals surface area contributed by atoms with Crippen LogP contribution in [0.2, 0.25) is 0 Å². The summed E-state index contributed by atoms with van der Waals surface area (Å²) in [5.74, 6) is -1.06. The number of anilines is 1. The molecule has 0 heterocycles. The topological polar surface area (TPSA) is 95.7 Å². The summed E-state index contributed by atoms with van der Waals surface area (Å²) in [5.41, 5.74) is 0.913. The smallest absolute Gasteiger partial charge is 0.269 e. The Kier molecular flexibility index (Phi) is 6.33. The summed E-state index contributed by atoms with van der Waals surface area (Å²) >= 11 is 0. The molecule has 0 spiro atoms. The molecule has 2 aromatic carbocycles. The number of benzene rings is 2. The van der Waals surface area contributed by atoms with Crippen molar-refractivity contribution in [2.24, 2.45) is 0 Å². The number of para-hydroxylation sites is 1. The van der Waals surface area contributed by atoms with Crippen LogP contribution in [0.1, 0.15) is 13.3 Å². The Balaban J connectivity index is 2.00. The van der Waals surface area contributed by atoms with Crippen molar-refractivity contribution < 1.29 is 19.6 Å². The fourth-order valence-electron chi connectivity index (χ4n) is 2.42. The molecule has 2 rings (SSSR count). The molecule has 0 aliphatic rings. The molecule has 0 aliphatic heterocycles. The van der Waals surface area contributed by atoms with Crippen LogP contribution < -0.4 is 14.7 Å². The monoisotopic (exact) mass is 343 g/mol. The summed E-state index contributed by atoms with van der Waals surface area (Å²) in [6.07, 6.45) is -0.915. The molecule has 0 bridgehead atoms. The van der Waals surface area contributed by atoms with Gasteiger partial charge in [-0.1, -0.05) is 18.2 Å². The summed E-state index contributed by atoms with van der Waals surface area (Å²) in [6.45, 7) is 3.19.